The van der Waals surface area contributed by atoms with Crippen LogP contribution in [0.4, 0.5) is 0 Å². The van der Waals surface area contributed by atoms with Crippen molar-refractivity contribution in [1.29, 1.82) is 0 Å². The molecule has 4 heterocycles. The van der Waals surface area contributed by atoms with Gasteiger partial charge in [0.05, 0.1) is 22.8 Å². The largest absolute Gasteiger partial charge is 0.411 e. The monoisotopic (exact) mass is 470 g/mol. The van der Waals surface area contributed by atoms with E-state index in [1.54, 1.807) is 0 Å². The Morgan fingerprint density at radius 3 is 2.88 bits per heavy atom. The fraction of sp³-hybridized carbons (Fsp3) is 0.318. The molecule has 1 saturated heterocycles. The van der Waals surface area contributed by atoms with Gasteiger partial charge >= 0.3 is 0 Å². The third-order valence-corrected chi connectivity index (χ3v) is 8.48. The van der Waals surface area contributed by atoms with Gasteiger partial charge in [-0.2, -0.15) is 0 Å². The van der Waals surface area contributed by atoms with Gasteiger partial charge in [-0.1, -0.05) is 30.0 Å². The number of benzene rings is 1. The Bertz CT molecular complexity index is 1430. The van der Waals surface area contributed by atoms with Gasteiger partial charge in [0.2, 0.25) is 0 Å². The van der Waals surface area contributed by atoms with E-state index < -0.39 is 9.84 Å². The number of aryl methyl sites for hydroxylation is 1. The lowest BCUT2D eigenvalue weighted by atomic mass is 10.2. The zero-order valence-corrected chi connectivity index (χ0v) is 19.3. The number of hydrogen-bond acceptors (Lipinski definition) is 7. The van der Waals surface area contributed by atoms with Crippen LogP contribution < -0.4 is 0 Å². The summed E-state index contributed by atoms with van der Waals surface area (Å²) in [4.78, 5) is 16.1. The minimum Gasteiger partial charge on any atom is -0.411 e. The Labute approximate surface area is 189 Å². The SMILES string of the molecule is Cc1cc(C(=O)CSc2nnc(-c3c[nH]c4ccccc34)o2)c(C)n1[C@H]1CCS(=O)(=O)C1. The fourth-order valence-electron chi connectivity index (χ4n) is 4.43. The van der Waals surface area contributed by atoms with Gasteiger partial charge in [0.25, 0.3) is 11.1 Å². The van der Waals surface area contributed by atoms with E-state index in [1.807, 2.05) is 54.9 Å². The van der Waals surface area contributed by atoms with Crippen LogP contribution in [-0.4, -0.2) is 51.2 Å². The summed E-state index contributed by atoms with van der Waals surface area (Å²) < 4.78 is 31.5. The van der Waals surface area contributed by atoms with E-state index in [4.69, 9.17) is 4.42 Å². The number of fused-ring (bicyclic) bond motifs is 1. The maximum atomic E-state index is 12.9. The summed E-state index contributed by atoms with van der Waals surface area (Å²) in [6.07, 6.45) is 2.41. The number of rotatable bonds is 6. The molecule has 5 rings (SSSR count). The zero-order chi connectivity index (χ0) is 22.5. The minimum atomic E-state index is -3.00. The van der Waals surface area contributed by atoms with Crippen molar-refractivity contribution in [2.45, 2.75) is 31.5 Å². The molecule has 0 radical (unpaired) electrons. The molecule has 4 aromatic rings. The number of ketones is 1. The molecule has 1 aliphatic rings. The summed E-state index contributed by atoms with van der Waals surface area (Å²) in [6.45, 7) is 3.78. The lowest BCUT2D eigenvalue weighted by Crippen LogP contribution is -2.14. The van der Waals surface area contributed by atoms with Gasteiger partial charge in [-0.3, -0.25) is 4.79 Å². The van der Waals surface area contributed by atoms with E-state index in [1.165, 1.54) is 11.8 Å². The first-order valence-corrected chi connectivity index (χ1v) is 13.1. The van der Waals surface area contributed by atoms with Crippen molar-refractivity contribution in [3.63, 3.8) is 0 Å². The summed E-state index contributed by atoms with van der Waals surface area (Å²) >= 11 is 1.20. The molecule has 0 spiro atoms. The number of carbonyl (C=O) groups is 1. The lowest BCUT2D eigenvalue weighted by Gasteiger charge is -2.16. The van der Waals surface area contributed by atoms with E-state index in [2.05, 4.69) is 15.2 Å². The number of Topliss-reactive ketones (excluding diaryl/α,β-unsaturated/α-hetero) is 1. The van der Waals surface area contributed by atoms with Crippen LogP contribution in [0.1, 0.15) is 34.2 Å². The zero-order valence-electron chi connectivity index (χ0n) is 17.7. The van der Waals surface area contributed by atoms with E-state index in [0.29, 0.717) is 23.1 Å². The Morgan fingerprint density at radius 1 is 1.28 bits per heavy atom. The second kappa shape index (κ2) is 7.93. The smallest absolute Gasteiger partial charge is 0.277 e. The van der Waals surface area contributed by atoms with Crippen molar-refractivity contribution >= 4 is 38.3 Å². The van der Waals surface area contributed by atoms with Crippen LogP contribution in [0.2, 0.25) is 0 Å². The molecule has 8 nitrogen and oxygen atoms in total. The molecule has 1 fully saturated rings. The number of thioether (sulfide) groups is 1. The highest BCUT2D eigenvalue weighted by molar-refractivity contribution is 7.99. The number of sulfone groups is 1. The highest BCUT2D eigenvalue weighted by atomic mass is 32.2. The number of aromatic amines is 1. The van der Waals surface area contributed by atoms with Crippen molar-refractivity contribution in [1.82, 2.24) is 19.7 Å². The molecule has 1 aliphatic heterocycles. The fourth-order valence-corrected chi connectivity index (χ4v) is 6.78. The lowest BCUT2D eigenvalue weighted by molar-refractivity contribution is 0.102. The number of para-hydroxylation sites is 1. The predicted octanol–water partition coefficient (Wildman–Crippen LogP) is 3.97. The average molecular weight is 471 g/mol. The van der Waals surface area contributed by atoms with Gasteiger partial charge in [0.15, 0.2) is 15.6 Å². The average Bonchev–Trinajstić information content (AvgIpc) is 3.52. The Balaban J connectivity index is 1.30. The van der Waals surface area contributed by atoms with E-state index in [0.717, 1.165) is 27.9 Å². The third kappa shape index (κ3) is 3.77. The molecular weight excluding hydrogens is 448 g/mol. The first kappa shape index (κ1) is 21.0. The van der Waals surface area contributed by atoms with E-state index >= 15 is 0 Å². The second-order valence-electron chi connectivity index (χ2n) is 8.04. The summed E-state index contributed by atoms with van der Waals surface area (Å²) in [5.41, 5.74) is 4.12. The number of nitrogens with zero attached hydrogens (tertiary/aromatic N) is 3. The quantitative estimate of drug-likeness (QED) is 0.335. The van der Waals surface area contributed by atoms with Gasteiger partial charge in [-0.05, 0) is 32.4 Å². The Morgan fingerprint density at radius 2 is 2.09 bits per heavy atom. The number of nitrogens with one attached hydrogen (secondary N) is 1. The van der Waals surface area contributed by atoms with Crippen molar-refractivity contribution in [3.8, 4) is 11.5 Å². The molecule has 3 aromatic heterocycles. The molecular formula is C22H22N4O4S2. The maximum absolute atomic E-state index is 12.9. The number of aromatic nitrogens is 4. The van der Waals surface area contributed by atoms with Crippen LogP contribution in [-0.2, 0) is 9.84 Å². The van der Waals surface area contributed by atoms with Crippen LogP contribution in [0.15, 0.2) is 46.2 Å². The highest BCUT2D eigenvalue weighted by Gasteiger charge is 2.31. The van der Waals surface area contributed by atoms with Gasteiger partial charge in [0.1, 0.15) is 0 Å². The number of carbonyl (C=O) groups excluding carboxylic acids is 1. The standard InChI is InChI=1S/C22H22N4O4S2/c1-13-9-17(14(2)26(13)15-7-8-32(28,29)12-15)20(27)11-31-22-25-24-21(30-22)18-10-23-19-6-4-3-5-16(18)19/h3-6,9-10,15,23H,7-8,11-12H2,1-2H3/t15-/m0/s1. The topological polar surface area (TPSA) is 111 Å². The first-order valence-electron chi connectivity index (χ1n) is 10.3. The van der Waals surface area contributed by atoms with Crippen LogP contribution >= 0.6 is 11.8 Å². The first-order chi connectivity index (χ1) is 15.3. The predicted molar refractivity (Wildman–Crippen MR) is 123 cm³/mol. The Kier molecular flexibility index (Phi) is 5.21. The van der Waals surface area contributed by atoms with Gasteiger partial charge in [0, 0.05) is 40.1 Å². The van der Waals surface area contributed by atoms with Crippen molar-refractivity contribution < 1.29 is 17.6 Å². The van der Waals surface area contributed by atoms with Crippen LogP contribution in [0.25, 0.3) is 22.4 Å². The van der Waals surface area contributed by atoms with Gasteiger partial charge in [-0.25, -0.2) is 8.42 Å². The molecule has 0 unspecified atom stereocenters. The molecule has 0 amide bonds. The molecule has 1 atom stereocenters. The van der Waals surface area contributed by atoms with Crippen LogP contribution in [0.5, 0.6) is 0 Å². The molecule has 10 heteroatoms. The number of H-pyrrole nitrogens is 1. The van der Waals surface area contributed by atoms with Crippen molar-refractivity contribution in [3.05, 3.63) is 53.5 Å². The molecule has 0 bridgehead atoms. The molecule has 0 saturated carbocycles. The molecule has 1 N–H and O–H groups in total. The summed E-state index contributed by atoms with van der Waals surface area (Å²) in [5.74, 6) is 0.830. The van der Waals surface area contributed by atoms with Crippen LogP contribution in [0.3, 0.4) is 0 Å². The third-order valence-electron chi connectivity index (χ3n) is 5.91. The summed E-state index contributed by atoms with van der Waals surface area (Å²) in [7, 11) is -3.00. The molecule has 166 valence electrons. The summed E-state index contributed by atoms with van der Waals surface area (Å²) in [6, 6.07) is 9.58. The molecule has 1 aromatic carbocycles. The van der Waals surface area contributed by atoms with Crippen molar-refractivity contribution in [2.24, 2.45) is 0 Å². The van der Waals surface area contributed by atoms with E-state index in [-0.39, 0.29) is 29.1 Å². The minimum absolute atomic E-state index is 0.0537. The number of hydrogen-bond donors (Lipinski definition) is 1. The Hall–Kier alpha value is -2.85. The van der Waals surface area contributed by atoms with Gasteiger partial charge < -0.3 is 14.0 Å². The molecule has 32 heavy (non-hydrogen) atoms. The van der Waals surface area contributed by atoms with Gasteiger partial charge in [-0.15, -0.1) is 10.2 Å². The van der Waals surface area contributed by atoms with Crippen LogP contribution in [0, 0.1) is 13.8 Å². The maximum Gasteiger partial charge on any atom is 0.277 e. The van der Waals surface area contributed by atoms with E-state index in [9.17, 15) is 13.2 Å². The second-order valence-corrected chi connectivity index (χ2v) is 11.2. The summed E-state index contributed by atoms with van der Waals surface area (Å²) in [5, 5.41) is 9.53. The normalized spacial score (nSPS) is 17.9. The molecule has 0 aliphatic carbocycles. The van der Waals surface area contributed by atoms with Crippen molar-refractivity contribution in [2.75, 3.05) is 17.3 Å². The highest BCUT2D eigenvalue weighted by Crippen LogP contribution is 2.31.